The van der Waals surface area contributed by atoms with Crippen LogP contribution >= 0.6 is 12.2 Å². The van der Waals surface area contributed by atoms with Gasteiger partial charge in [0, 0.05) is 11.4 Å². The number of aryl methyl sites for hydroxylation is 1. The van der Waals surface area contributed by atoms with Gasteiger partial charge >= 0.3 is 0 Å². The molecule has 116 valence electrons. The van der Waals surface area contributed by atoms with E-state index < -0.39 is 10.0 Å². The Morgan fingerprint density at radius 1 is 1.14 bits per heavy atom. The van der Waals surface area contributed by atoms with Gasteiger partial charge in [0.05, 0.1) is 4.90 Å². The highest BCUT2D eigenvalue weighted by atomic mass is 32.2. The van der Waals surface area contributed by atoms with Gasteiger partial charge < -0.3 is 10.6 Å². The van der Waals surface area contributed by atoms with E-state index in [1.807, 2.05) is 0 Å². The highest BCUT2D eigenvalue weighted by molar-refractivity contribution is 7.89. The quantitative estimate of drug-likeness (QED) is 0.749. The summed E-state index contributed by atoms with van der Waals surface area (Å²) in [6, 6.07) is 10.2. The molecule has 0 aliphatic rings. The summed E-state index contributed by atoms with van der Waals surface area (Å²) in [5.74, 6) is -0.319. The number of nitrogens with two attached hydrogens (primary N) is 1. The SMILES string of the molecule is Cc1cc(F)ccc1NC(=S)Nc1ccc(S(N)(=O)=O)cc1. The maximum atomic E-state index is 13.0. The first-order chi connectivity index (χ1) is 10.3. The molecule has 0 saturated heterocycles. The largest absolute Gasteiger partial charge is 0.332 e. The van der Waals surface area contributed by atoms with Crippen LogP contribution in [0.2, 0.25) is 0 Å². The number of nitrogens with one attached hydrogen (secondary N) is 2. The van der Waals surface area contributed by atoms with Crippen molar-refractivity contribution in [3.63, 3.8) is 0 Å². The van der Waals surface area contributed by atoms with Gasteiger partial charge in [-0.15, -0.1) is 0 Å². The van der Waals surface area contributed by atoms with Crippen molar-refractivity contribution in [2.24, 2.45) is 5.14 Å². The maximum absolute atomic E-state index is 13.0. The molecule has 0 aromatic heterocycles. The summed E-state index contributed by atoms with van der Waals surface area (Å²) in [5, 5.41) is 11.2. The molecule has 2 aromatic carbocycles. The second-order valence-corrected chi connectivity index (χ2v) is 6.58. The number of thiocarbonyl (C=S) groups is 1. The molecular formula is C14H14FN3O2S2. The number of halogens is 1. The fraction of sp³-hybridized carbons (Fsp3) is 0.0714. The molecule has 0 atom stereocenters. The Bertz CT molecular complexity index is 805. The molecule has 4 N–H and O–H groups in total. The number of hydrogen-bond donors (Lipinski definition) is 3. The summed E-state index contributed by atoms with van der Waals surface area (Å²) in [5.41, 5.74) is 2.00. The van der Waals surface area contributed by atoms with Crippen molar-refractivity contribution in [2.45, 2.75) is 11.8 Å². The summed E-state index contributed by atoms with van der Waals surface area (Å²) < 4.78 is 35.4. The Labute approximate surface area is 133 Å². The Hall–Kier alpha value is -2.03. The first-order valence-electron chi connectivity index (χ1n) is 6.23. The van der Waals surface area contributed by atoms with Crippen LogP contribution in [0.1, 0.15) is 5.56 Å². The molecule has 0 fully saturated rings. The van der Waals surface area contributed by atoms with Crippen LogP contribution in [-0.4, -0.2) is 13.5 Å². The third kappa shape index (κ3) is 4.23. The molecule has 22 heavy (non-hydrogen) atoms. The first-order valence-corrected chi connectivity index (χ1v) is 8.18. The molecule has 0 bridgehead atoms. The summed E-state index contributed by atoms with van der Waals surface area (Å²) in [6.45, 7) is 1.76. The van der Waals surface area contributed by atoms with Crippen LogP contribution in [0.4, 0.5) is 15.8 Å². The van der Waals surface area contributed by atoms with E-state index in [9.17, 15) is 12.8 Å². The summed E-state index contributed by atoms with van der Waals surface area (Å²) in [4.78, 5) is 0.0197. The molecular weight excluding hydrogens is 325 g/mol. The molecule has 0 spiro atoms. The number of primary sulfonamides is 1. The van der Waals surface area contributed by atoms with E-state index in [2.05, 4.69) is 10.6 Å². The van der Waals surface area contributed by atoms with E-state index in [1.165, 1.54) is 24.3 Å². The van der Waals surface area contributed by atoms with Crippen LogP contribution in [-0.2, 0) is 10.0 Å². The fourth-order valence-electron chi connectivity index (χ4n) is 1.78. The van der Waals surface area contributed by atoms with E-state index in [4.69, 9.17) is 17.4 Å². The molecule has 8 heteroatoms. The highest BCUT2D eigenvalue weighted by Gasteiger charge is 2.07. The minimum absolute atomic E-state index is 0.0197. The lowest BCUT2D eigenvalue weighted by atomic mass is 10.2. The average Bonchev–Trinajstić information content (AvgIpc) is 2.41. The van der Waals surface area contributed by atoms with Gasteiger partial charge in [-0.25, -0.2) is 17.9 Å². The van der Waals surface area contributed by atoms with Crippen LogP contribution in [0.5, 0.6) is 0 Å². The number of hydrogen-bond acceptors (Lipinski definition) is 3. The van der Waals surface area contributed by atoms with Crippen molar-refractivity contribution < 1.29 is 12.8 Å². The predicted octanol–water partition coefficient (Wildman–Crippen LogP) is 2.59. The summed E-state index contributed by atoms with van der Waals surface area (Å²) in [6.07, 6.45) is 0. The third-order valence-electron chi connectivity index (χ3n) is 2.88. The molecule has 5 nitrogen and oxygen atoms in total. The fourth-order valence-corrected chi connectivity index (χ4v) is 2.52. The molecule has 0 saturated carbocycles. The molecule has 0 aliphatic heterocycles. The zero-order valence-corrected chi connectivity index (χ0v) is 13.3. The van der Waals surface area contributed by atoms with Crippen molar-refractivity contribution in [3.8, 4) is 0 Å². The van der Waals surface area contributed by atoms with E-state index in [0.29, 0.717) is 22.1 Å². The van der Waals surface area contributed by atoms with Crippen LogP contribution in [0.15, 0.2) is 47.4 Å². The Balaban J connectivity index is 2.06. The predicted molar refractivity (Wildman–Crippen MR) is 88.8 cm³/mol. The molecule has 2 aromatic rings. The lowest BCUT2D eigenvalue weighted by Crippen LogP contribution is -2.19. The summed E-state index contributed by atoms with van der Waals surface area (Å²) in [7, 11) is -3.72. The van der Waals surface area contributed by atoms with Gasteiger partial charge in [0.1, 0.15) is 5.82 Å². The van der Waals surface area contributed by atoms with Crippen LogP contribution < -0.4 is 15.8 Å². The van der Waals surface area contributed by atoms with Gasteiger partial charge in [0.25, 0.3) is 0 Å². The van der Waals surface area contributed by atoms with Crippen LogP contribution in [0.25, 0.3) is 0 Å². The lowest BCUT2D eigenvalue weighted by Gasteiger charge is -2.12. The van der Waals surface area contributed by atoms with Gasteiger partial charge in [-0.05, 0) is 67.2 Å². The van der Waals surface area contributed by atoms with Crippen LogP contribution in [0.3, 0.4) is 0 Å². The van der Waals surface area contributed by atoms with Gasteiger partial charge in [-0.1, -0.05) is 0 Å². The molecule has 2 rings (SSSR count). The number of benzene rings is 2. The molecule has 0 unspecified atom stereocenters. The molecule has 0 aliphatic carbocycles. The Kier molecular flexibility index (Phi) is 4.74. The number of rotatable bonds is 3. The normalized spacial score (nSPS) is 11.0. The minimum atomic E-state index is -3.72. The van der Waals surface area contributed by atoms with E-state index in [1.54, 1.807) is 25.1 Å². The zero-order valence-electron chi connectivity index (χ0n) is 11.6. The zero-order chi connectivity index (χ0) is 16.3. The van der Waals surface area contributed by atoms with E-state index >= 15 is 0 Å². The van der Waals surface area contributed by atoms with Gasteiger partial charge in [0.2, 0.25) is 10.0 Å². The summed E-state index contributed by atoms with van der Waals surface area (Å²) >= 11 is 5.16. The second-order valence-electron chi connectivity index (χ2n) is 4.61. The molecule has 0 heterocycles. The average molecular weight is 339 g/mol. The van der Waals surface area contributed by atoms with Gasteiger partial charge in [0.15, 0.2) is 5.11 Å². The van der Waals surface area contributed by atoms with Gasteiger partial charge in [-0.3, -0.25) is 0 Å². The highest BCUT2D eigenvalue weighted by Crippen LogP contribution is 2.17. The smallest absolute Gasteiger partial charge is 0.238 e. The topological polar surface area (TPSA) is 84.2 Å². The monoisotopic (exact) mass is 339 g/mol. The molecule has 0 amide bonds. The van der Waals surface area contributed by atoms with Crippen LogP contribution in [0, 0.1) is 12.7 Å². The number of anilines is 2. The first kappa shape index (κ1) is 16.3. The van der Waals surface area contributed by atoms with Crippen molar-refractivity contribution >= 4 is 38.7 Å². The van der Waals surface area contributed by atoms with E-state index in [-0.39, 0.29) is 10.7 Å². The molecule has 0 radical (unpaired) electrons. The standard InChI is InChI=1S/C14H14FN3O2S2/c1-9-8-10(15)2-7-13(9)18-14(21)17-11-3-5-12(6-4-11)22(16,19)20/h2-8H,1H3,(H2,16,19,20)(H2,17,18,21). The van der Waals surface area contributed by atoms with Crippen molar-refractivity contribution in [1.29, 1.82) is 0 Å². The third-order valence-corrected chi connectivity index (χ3v) is 4.01. The Morgan fingerprint density at radius 2 is 1.77 bits per heavy atom. The maximum Gasteiger partial charge on any atom is 0.238 e. The van der Waals surface area contributed by atoms with Crippen molar-refractivity contribution in [1.82, 2.24) is 0 Å². The lowest BCUT2D eigenvalue weighted by molar-refractivity contribution is 0.598. The van der Waals surface area contributed by atoms with Gasteiger partial charge in [-0.2, -0.15) is 0 Å². The van der Waals surface area contributed by atoms with Crippen molar-refractivity contribution in [3.05, 3.63) is 53.8 Å². The van der Waals surface area contributed by atoms with E-state index in [0.717, 1.165) is 0 Å². The Morgan fingerprint density at radius 3 is 2.32 bits per heavy atom. The van der Waals surface area contributed by atoms with Crippen molar-refractivity contribution in [2.75, 3.05) is 10.6 Å². The minimum Gasteiger partial charge on any atom is -0.332 e. The second kappa shape index (κ2) is 6.39. The number of sulfonamides is 1.